The smallest absolute Gasteiger partial charge is 0.303 e. The van der Waals surface area contributed by atoms with E-state index >= 15 is 0 Å². The van der Waals surface area contributed by atoms with Gasteiger partial charge in [0.1, 0.15) is 0 Å². The Bertz CT molecular complexity index is 553. The summed E-state index contributed by atoms with van der Waals surface area (Å²) in [6.45, 7) is 4.24. The number of nitrogens with two attached hydrogens (primary N) is 1. The number of para-hydroxylation sites is 1. The van der Waals surface area contributed by atoms with Gasteiger partial charge in [0, 0.05) is 20.1 Å². The van der Waals surface area contributed by atoms with Crippen molar-refractivity contribution in [2.75, 3.05) is 24.4 Å². The molecule has 0 saturated carbocycles. The number of hydrogen-bond acceptors (Lipinski definition) is 3. The number of anilines is 1. The first-order chi connectivity index (χ1) is 8.86. The fraction of sp³-hybridized carbons (Fsp3) is 0.417. The fourth-order valence-electron chi connectivity index (χ4n) is 1.80. The SMILES string of the molecule is CCN(CC)S(=O)(=O)N(C)c1ccccc1C(N)=O. The third-order valence-electron chi connectivity index (χ3n) is 2.89. The number of nitrogens with zero attached hydrogens (tertiary/aromatic N) is 2. The van der Waals surface area contributed by atoms with Crippen LogP contribution in [0.15, 0.2) is 24.3 Å². The molecule has 0 fully saturated rings. The van der Waals surface area contributed by atoms with Crippen LogP contribution in [0.25, 0.3) is 0 Å². The molecular weight excluding hydrogens is 266 g/mol. The molecule has 106 valence electrons. The maximum absolute atomic E-state index is 12.4. The second-order valence-electron chi connectivity index (χ2n) is 3.94. The Labute approximate surface area is 114 Å². The number of benzene rings is 1. The van der Waals surface area contributed by atoms with Crippen LogP contribution in [0.4, 0.5) is 5.69 Å². The Morgan fingerprint density at radius 2 is 1.74 bits per heavy atom. The summed E-state index contributed by atoms with van der Waals surface area (Å²) in [5.41, 5.74) is 5.72. The molecule has 0 unspecified atom stereocenters. The zero-order chi connectivity index (χ0) is 14.6. The van der Waals surface area contributed by atoms with Gasteiger partial charge >= 0.3 is 10.2 Å². The van der Waals surface area contributed by atoms with E-state index in [2.05, 4.69) is 0 Å². The molecule has 0 atom stereocenters. The van der Waals surface area contributed by atoms with E-state index in [4.69, 9.17) is 5.73 Å². The highest BCUT2D eigenvalue weighted by atomic mass is 32.2. The van der Waals surface area contributed by atoms with Gasteiger partial charge in [0.2, 0.25) is 0 Å². The number of amides is 1. The van der Waals surface area contributed by atoms with Gasteiger partial charge in [-0.05, 0) is 12.1 Å². The molecule has 0 heterocycles. The van der Waals surface area contributed by atoms with Gasteiger partial charge < -0.3 is 5.73 Å². The first-order valence-corrected chi connectivity index (χ1v) is 7.38. The highest BCUT2D eigenvalue weighted by Crippen LogP contribution is 2.22. The molecule has 1 amide bonds. The van der Waals surface area contributed by atoms with Gasteiger partial charge in [0.05, 0.1) is 11.3 Å². The lowest BCUT2D eigenvalue weighted by molar-refractivity contribution is 0.100. The molecule has 0 spiro atoms. The van der Waals surface area contributed by atoms with Crippen molar-refractivity contribution in [3.05, 3.63) is 29.8 Å². The molecule has 1 aromatic carbocycles. The van der Waals surface area contributed by atoms with Crippen molar-refractivity contribution in [3.63, 3.8) is 0 Å². The zero-order valence-corrected chi connectivity index (χ0v) is 12.1. The number of hydrogen-bond donors (Lipinski definition) is 1. The summed E-state index contributed by atoms with van der Waals surface area (Å²) in [5, 5.41) is 0. The molecule has 19 heavy (non-hydrogen) atoms. The summed E-state index contributed by atoms with van der Waals surface area (Å²) in [5.74, 6) is -0.655. The van der Waals surface area contributed by atoms with E-state index in [-0.39, 0.29) is 11.3 Å². The second kappa shape index (κ2) is 6.03. The summed E-state index contributed by atoms with van der Waals surface area (Å²) in [6.07, 6.45) is 0. The zero-order valence-electron chi connectivity index (χ0n) is 11.3. The number of rotatable bonds is 6. The van der Waals surface area contributed by atoms with Gasteiger partial charge in [-0.3, -0.25) is 9.10 Å². The normalized spacial score (nSPS) is 11.6. The third kappa shape index (κ3) is 3.05. The van der Waals surface area contributed by atoms with Crippen LogP contribution in [0, 0.1) is 0 Å². The van der Waals surface area contributed by atoms with Crippen LogP contribution in [0.3, 0.4) is 0 Å². The number of carbonyl (C=O) groups is 1. The van der Waals surface area contributed by atoms with Crippen molar-refractivity contribution < 1.29 is 13.2 Å². The van der Waals surface area contributed by atoms with Crippen molar-refractivity contribution in [2.24, 2.45) is 5.73 Å². The van der Waals surface area contributed by atoms with Crippen LogP contribution < -0.4 is 10.0 Å². The van der Waals surface area contributed by atoms with Crippen LogP contribution in [0.5, 0.6) is 0 Å². The maximum Gasteiger partial charge on any atom is 0.303 e. The third-order valence-corrected chi connectivity index (χ3v) is 4.94. The molecule has 1 rings (SSSR count). The molecule has 0 aromatic heterocycles. The first kappa shape index (κ1) is 15.5. The molecule has 7 heteroatoms. The number of primary amides is 1. The summed E-state index contributed by atoms with van der Waals surface area (Å²) < 4.78 is 27.1. The minimum Gasteiger partial charge on any atom is -0.366 e. The average Bonchev–Trinajstić information content (AvgIpc) is 2.38. The van der Waals surface area contributed by atoms with E-state index in [9.17, 15) is 13.2 Å². The van der Waals surface area contributed by atoms with Crippen molar-refractivity contribution >= 4 is 21.8 Å². The Kier molecular flexibility index (Phi) is 4.90. The van der Waals surface area contributed by atoms with Gasteiger partial charge in [0.15, 0.2) is 0 Å². The molecule has 0 aliphatic heterocycles. The topological polar surface area (TPSA) is 83.7 Å². The predicted octanol–water partition coefficient (Wildman–Crippen LogP) is 0.808. The van der Waals surface area contributed by atoms with Gasteiger partial charge in [-0.1, -0.05) is 26.0 Å². The minimum atomic E-state index is -3.65. The quantitative estimate of drug-likeness (QED) is 0.839. The van der Waals surface area contributed by atoms with E-state index in [0.29, 0.717) is 13.1 Å². The van der Waals surface area contributed by atoms with E-state index in [1.54, 1.807) is 32.0 Å². The standard InChI is InChI=1S/C12H19N3O3S/c1-4-15(5-2)19(17,18)14(3)11-9-7-6-8-10(11)12(13)16/h6-9H,4-5H2,1-3H3,(H2,13,16). The van der Waals surface area contributed by atoms with Crippen molar-refractivity contribution in [3.8, 4) is 0 Å². The van der Waals surface area contributed by atoms with Crippen molar-refractivity contribution in [2.45, 2.75) is 13.8 Å². The second-order valence-corrected chi connectivity index (χ2v) is 5.90. The van der Waals surface area contributed by atoms with Crippen LogP contribution in [0.1, 0.15) is 24.2 Å². The Morgan fingerprint density at radius 1 is 1.21 bits per heavy atom. The molecular formula is C12H19N3O3S. The van der Waals surface area contributed by atoms with Gasteiger partial charge in [-0.2, -0.15) is 12.7 Å². The Balaban J connectivity index is 3.28. The van der Waals surface area contributed by atoms with E-state index in [0.717, 1.165) is 4.31 Å². The monoisotopic (exact) mass is 285 g/mol. The molecule has 0 aliphatic carbocycles. The van der Waals surface area contributed by atoms with Crippen molar-refractivity contribution in [1.82, 2.24) is 4.31 Å². The fourth-order valence-corrected chi connectivity index (χ4v) is 3.21. The lowest BCUT2D eigenvalue weighted by Gasteiger charge is -2.27. The minimum absolute atomic E-state index is 0.181. The van der Waals surface area contributed by atoms with Gasteiger partial charge in [-0.25, -0.2) is 0 Å². The first-order valence-electron chi connectivity index (χ1n) is 5.99. The summed E-state index contributed by atoms with van der Waals surface area (Å²) in [4.78, 5) is 11.3. The van der Waals surface area contributed by atoms with Crippen LogP contribution in [-0.2, 0) is 10.2 Å². The molecule has 0 saturated heterocycles. The molecule has 0 radical (unpaired) electrons. The molecule has 0 bridgehead atoms. The highest BCUT2D eigenvalue weighted by Gasteiger charge is 2.26. The largest absolute Gasteiger partial charge is 0.366 e. The maximum atomic E-state index is 12.4. The lowest BCUT2D eigenvalue weighted by atomic mass is 10.2. The van der Waals surface area contributed by atoms with Crippen LogP contribution >= 0.6 is 0 Å². The average molecular weight is 285 g/mol. The number of carbonyl (C=O) groups excluding carboxylic acids is 1. The van der Waals surface area contributed by atoms with Crippen LogP contribution in [-0.4, -0.2) is 38.8 Å². The van der Waals surface area contributed by atoms with Gasteiger partial charge in [0.25, 0.3) is 5.91 Å². The van der Waals surface area contributed by atoms with Gasteiger partial charge in [-0.15, -0.1) is 0 Å². The lowest BCUT2D eigenvalue weighted by Crippen LogP contribution is -2.42. The molecule has 6 nitrogen and oxygen atoms in total. The van der Waals surface area contributed by atoms with Crippen molar-refractivity contribution in [1.29, 1.82) is 0 Å². The summed E-state index contributed by atoms with van der Waals surface area (Å²) in [7, 11) is -2.24. The summed E-state index contributed by atoms with van der Waals surface area (Å²) >= 11 is 0. The Hall–Kier alpha value is -1.60. The predicted molar refractivity (Wildman–Crippen MR) is 75.2 cm³/mol. The highest BCUT2D eigenvalue weighted by molar-refractivity contribution is 7.90. The van der Waals surface area contributed by atoms with Crippen LogP contribution in [0.2, 0.25) is 0 Å². The Morgan fingerprint density at radius 3 is 2.21 bits per heavy atom. The van der Waals surface area contributed by atoms with E-state index < -0.39 is 16.1 Å². The molecule has 2 N–H and O–H groups in total. The molecule has 0 aliphatic rings. The van der Waals surface area contributed by atoms with E-state index in [1.807, 2.05) is 0 Å². The summed E-state index contributed by atoms with van der Waals surface area (Å²) in [6, 6.07) is 6.37. The molecule has 1 aromatic rings. The van der Waals surface area contributed by atoms with E-state index in [1.165, 1.54) is 17.4 Å².